The van der Waals surface area contributed by atoms with Crippen molar-refractivity contribution >= 4 is 29.4 Å². The first-order valence-corrected chi connectivity index (χ1v) is 9.08. The van der Waals surface area contributed by atoms with Gasteiger partial charge in [-0.15, -0.1) is 0 Å². The minimum atomic E-state index is -0.131. The fraction of sp³-hybridized carbons (Fsp3) is 0.182. The highest BCUT2D eigenvalue weighted by atomic mass is 35.5. The molecule has 1 aliphatic rings. The topological polar surface area (TPSA) is 55.8 Å². The summed E-state index contributed by atoms with van der Waals surface area (Å²) >= 11 is 6.01. The quantitative estimate of drug-likeness (QED) is 0.545. The minimum absolute atomic E-state index is 0.0418. The smallest absolute Gasteiger partial charge is 0.259 e. The van der Waals surface area contributed by atoms with Gasteiger partial charge in [0.2, 0.25) is 0 Å². The summed E-state index contributed by atoms with van der Waals surface area (Å²) < 4.78 is 11.1. The summed E-state index contributed by atoms with van der Waals surface area (Å²) in [4.78, 5) is 25.4. The van der Waals surface area contributed by atoms with Crippen LogP contribution in [0, 0.1) is 0 Å². The number of rotatable bonds is 6. The third-order valence-electron chi connectivity index (χ3n) is 4.16. The summed E-state index contributed by atoms with van der Waals surface area (Å²) in [5.41, 5.74) is 2.30. The Labute approximate surface area is 168 Å². The van der Waals surface area contributed by atoms with Gasteiger partial charge in [0, 0.05) is 30.2 Å². The number of likely N-dealkylation sites (N-methyl/N-ethyl adjacent to an activating group) is 1. The molecule has 1 aliphatic heterocycles. The number of hydrogen-bond donors (Lipinski definition) is 0. The summed E-state index contributed by atoms with van der Waals surface area (Å²) in [6.07, 6.45) is 5.20. The Morgan fingerprint density at radius 2 is 1.93 bits per heavy atom. The van der Waals surface area contributed by atoms with E-state index in [9.17, 15) is 9.59 Å². The average molecular weight is 398 g/mol. The third-order valence-corrected chi connectivity index (χ3v) is 4.39. The molecule has 0 spiro atoms. The zero-order chi connectivity index (χ0) is 20.1. The minimum Gasteiger partial charge on any atom is -0.488 e. The summed E-state index contributed by atoms with van der Waals surface area (Å²) in [5, 5.41) is 0.634. The van der Waals surface area contributed by atoms with Crippen molar-refractivity contribution in [2.45, 2.75) is 0 Å². The van der Waals surface area contributed by atoms with E-state index in [0.29, 0.717) is 22.9 Å². The van der Waals surface area contributed by atoms with Crippen LogP contribution in [-0.4, -0.2) is 43.9 Å². The molecule has 0 N–H and O–H groups in total. The molecule has 0 fully saturated rings. The van der Waals surface area contributed by atoms with Crippen LogP contribution in [0.4, 0.5) is 0 Å². The predicted octanol–water partition coefficient (Wildman–Crippen LogP) is 4.02. The van der Waals surface area contributed by atoms with Crippen molar-refractivity contribution < 1.29 is 19.1 Å². The van der Waals surface area contributed by atoms with Crippen molar-refractivity contribution in [3.63, 3.8) is 0 Å². The van der Waals surface area contributed by atoms with Crippen LogP contribution < -0.4 is 9.47 Å². The zero-order valence-electron chi connectivity index (χ0n) is 15.6. The van der Waals surface area contributed by atoms with Crippen molar-refractivity contribution in [1.29, 1.82) is 0 Å². The molecule has 2 aromatic rings. The van der Waals surface area contributed by atoms with E-state index in [1.807, 2.05) is 18.2 Å². The molecule has 0 atom stereocenters. The van der Waals surface area contributed by atoms with Crippen molar-refractivity contribution in [3.05, 3.63) is 76.3 Å². The number of allylic oxidation sites excluding steroid dienone is 1. The van der Waals surface area contributed by atoms with E-state index < -0.39 is 0 Å². The summed E-state index contributed by atoms with van der Waals surface area (Å²) in [6, 6.07) is 12.1. The van der Waals surface area contributed by atoms with Crippen molar-refractivity contribution in [3.8, 4) is 11.5 Å². The molecular weight excluding hydrogens is 378 g/mol. The third kappa shape index (κ3) is 5.02. The Kier molecular flexibility index (Phi) is 6.16. The van der Waals surface area contributed by atoms with E-state index in [2.05, 4.69) is 0 Å². The molecule has 2 aromatic carbocycles. The van der Waals surface area contributed by atoms with Gasteiger partial charge < -0.3 is 14.4 Å². The van der Waals surface area contributed by atoms with Crippen LogP contribution in [0.25, 0.3) is 6.08 Å². The number of fused-ring (bicyclic) bond motifs is 1. The molecule has 0 saturated heterocycles. The number of ether oxygens (including phenoxy) is 2. The molecule has 5 nitrogen and oxygen atoms in total. The van der Waals surface area contributed by atoms with Gasteiger partial charge in [-0.1, -0.05) is 17.7 Å². The fourth-order valence-electron chi connectivity index (χ4n) is 2.53. The van der Waals surface area contributed by atoms with E-state index in [1.54, 1.807) is 50.5 Å². The lowest BCUT2D eigenvalue weighted by molar-refractivity contribution is -0.130. The molecule has 0 aromatic heterocycles. The number of hydrogen-bond acceptors (Lipinski definition) is 4. The van der Waals surface area contributed by atoms with Gasteiger partial charge in [-0.3, -0.25) is 9.59 Å². The number of carbonyl (C=O) groups is 2. The van der Waals surface area contributed by atoms with Crippen LogP contribution in [0.3, 0.4) is 0 Å². The molecule has 0 radical (unpaired) electrons. The molecule has 0 unspecified atom stereocenters. The largest absolute Gasteiger partial charge is 0.488 e. The van der Waals surface area contributed by atoms with Crippen LogP contribution in [0.2, 0.25) is 5.02 Å². The predicted molar refractivity (Wildman–Crippen MR) is 109 cm³/mol. The number of ketones is 1. The highest BCUT2D eigenvalue weighted by Crippen LogP contribution is 2.29. The second kappa shape index (κ2) is 8.76. The van der Waals surface area contributed by atoms with Crippen molar-refractivity contribution in [1.82, 2.24) is 4.90 Å². The average Bonchev–Trinajstić information content (AvgIpc) is 2.70. The Bertz CT molecular complexity index is 946. The van der Waals surface area contributed by atoms with E-state index in [-0.39, 0.29) is 18.3 Å². The van der Waals surface area contributed by atoms with E-state index in [4.69, 9.17) is 21.1 Å². The first kappa shape index (κ1) is 19.7. The van der Waals surface area contributed by atoms with Gasteiger partial charge in [-0.25, -0.2) is 0 Å². The van der Waals surface area contributed by atoms with E-state index in [1.165, 1.54) is 11.0 Å². The van der Waals surface area contributed by atoms with Crippen molar-refractivity contribution in [2.75, 3.05) is 27.3 Å². The maximum Gasteiger partial charge on any atom is 0.259 e. The van der Waals surface area contributed by atoms with Crippen LogP contribution in [0.5, 0.6) is 11.5 Å². The molecule has 1 amide bonds. The SMILES string of the molecule is CN(C)C(=O)COc1ccc(C(=O)/C=C/C2=Cc3cc(Cl)ccc3OC2)cc1. The Hall–Kier alpha value is -3.05. The van der Waals surface area contributed by atoms with Crippen LogP contribution >= 0.6 is 11.6 Å². The van der Waals surface area contributed by atoms with Gasteiger partial charge in [-0.2, -0.15) is 0 Å². The molecule has 6 heteroatoms. The van der Waals surface area contributed by atoms with Gasteiger partial charge in [0.1, 0.15) is 18.1 Å². The second-order valence-corrected chi connectivity index (χ2v) is 6.93. The van der Waals surface area contributed by atoms with Gasteiger partial charge in [0.15, 0.2) is 12.4 Å². The molecule has 1 heterocycles. The molecule has 0 aliphatic carbocycles. The lowest BCUT2D eigenvalue weighted by Gasteiger charge is -2.16. The van der Waals surface area contributed by atoms with Crippen LogP contribution in [0.1, 0.15) is 15.9 Å². The Morgan fingerprint density at radius 3 is 2.64 bits per heavy atom. The number of carbonyl (C=O) groups excluding carboxylic acids is 2. The molecule has 0 saturated carbocycles. The Morgan fingerprint density at radius 1 is 1.18 bits per heavy atom. The number of nitrogens with zero attached hydrogens (tertiary/aromatic N) is 1. The molecule has 0 bridgehead atoms. The summed E-state index contributed by atoms with van der Waals surface area (Å²) in [7, 11) is 3.33. The molecule has 144 valence electrons. The van der Waals surface area contributed by atoms with Crippen LogP contribution in [-0.2, 0) is 4.79 Å². The Balaban J connectivity index is 1.62. The first-order chi connectivity index (χ1) is 13.4. The number of amides is 1. The zero-order valence-corrected chi connectivity index (χ0v) is 16.4. The molecule has 28 heavy (non-hydrogen) atoms. The standard InChI is InChI=1S/C22H20ClNO4/c1-24(2)22(26)14-27-19-7-4-16(5-8-19)20(25)9-3-15-11-17-12-18(23)6-10-21(17)28-13-15/h3-12H,13-14H2,1-2H3/b9-3+. The van der Waals surface area contributed by atoms with Gasteiger partial charge in [0.05, 0.1) is 0 Å². The summed E-state index contributed by atoms with van der Waals surface area (Å²) in [6.45, 7) is 0.352. The van der Waals surface area contributed by atoms with Gasteiger partial charge >= 0.3 is 0 Å². The number of halogens is 1. The normalized spacial score (nSPS) is 12.8. The lowest BCUT2D eigenvalue weighted by atomic mass is 10.1. The summed E-state index contributed by atoms with van der Waals surface area (Å²) in [5.74, 6) is 1.05. The van der Waals surface area contributed by atoms with Gasteiger partial charge in [0.25, 0.3) is 5.91 Å². The highest BCUT2D eigenvalue weighted by molar-refractivity contribution is 6.30. The second-order valence-electron chi connectivity index (χ2n) is 6.49. The first-order valence-electron chi connectivity index (χ1n) is 8.71. The van der Waals surface area contributed by atoms with Crippen LogP contribution in [0.15, 0.2) is 60.2 Å². The van der Waals surface area contributed by atoms with E-state index in [0.717, 1.165) is 16.9 Å². The maximum absolute atomic E-state index is 12.4. The van der Waals surface area contributed by atoms with Crippen molar-refractivity contribution in [2.24, 2.45) is 0 Å². The molecule has 3 rings (SSSR count). The highest BCUT2D eigenvalue weighted by Gasteiger charge is 2.11. The monoisotopic (exact) mass is 397 g/mol. The lowest BCUT2D eigenvalue weighted by Crippen LogP contribution is -2.27. The number of benzene rings is 2. The van der Waals surface area contributed by atoms with E-state index >= 15 is 0 Å². The maximum atomic E-state index is 12.4. The molecular formula is C22H20ClNO4. The van der Waals surface area contributed by atoms with Gasteiger partial charge in [-0.05, 0) is 60.2 Å². The fourth-order valence-corrected chi connectivity index (χ4v) is 2.71.